The number of ether oxygens (including phenoxy) is 1. The van der Waals surface area contributed by atoms with E-state index in [1.807, 2.05) is 23.5 Å². The van der Waals surface area contributed by atoms with Crippen LogP contribution in [0.5, 0.6) is 11.6 Å². The lowest BCUT2D eigenvalue weighted by Crippen LogP contribution is -2.64. The van der Waals surface area contributed by atoms with E-state index in [1.54, 1.807) is 0 Å². The Morgan fingerprint density at radius 2 is 0.945 bits per heavy atom. The maximum atomic E-state index is 7.62. The van der Waals surface area contributed by atoms with Gasteiger partial charge in [-0.15, -0.1) is 11.3 Å². The summed E-state index contributed by atoms with van der Waals surface area (Å²) in [6.45, 7) is 9.13. The van der Waals surface area contributed by atoms with E-state index in [4.69, 9.17) is 19.7 Å². The summed E-state index contributed by atoms with van der Waals surface area (Å²) in [5, 5.41) is 2.43. The molecule has 0 radical (unpaired) electrons. The van der Waals surface area contributed by atoms with Crippen molar-refractivity contribution >= 4 is 153 Å². The first-order chi connectivity index (χ1) is 44.6. The smallest absolute Gasteiger partial charge is 0.260 e. The van der Waals surface area contributed by atoms with Crippen molar-refractivity contribution in [3.05, 3.63) is 278 Å². The van der Waals surface area contributed by atoms with Gasteiger partial charge in [-0.2, -0.15) is 9.97 Å². The maximum Gasteiger partial charge on any atom is 0.260 e. The fourth-order valence-electron chi connectivity index (χ4n) is 15.2. The molecule has 5 aliphatic rings. The van der Waals surface area contributed by atoms with E-state index in [1.165, 1.54) is 37.1 Å². The molecule has 13 aromatic rings. The highest BCUT2D eigenvalue weighted by molar-refractivity contribution is 7.26. The minimum absolute atomic E-state index is 0.0310. The van der Waals surface area contributed by atoms with Crippen LogP contribution in [0, 0.1) is 0 Å². The number of benzene rings is 10. The minimum Gasteiger partial charge on any atom is -0.440 e. The largest absolute Gasteiger partial charge is 0.440 e. The van der Waals surface area contributed by atoms with Gasteiger partial charge >= 0.3 is 0 Å². The Hall–Kier alpha value is -10.7. The van der Waals surface area contributed by atoms with Crippen molar-refractivity contribution in [2.24, 2.45) is 0 Å². The van der Waals surface area contributed by atoms with E-state index >= 15 is 0 Å². The van der Waals surface area contributed by atoms with E-state index in [-0.39, 0.29) is 24.3 Å². The molecule has 0 saturated carbocycles. The van der Waals surface area contributed by atoms with Gasteiger partial charge in [-0.25, -0.2) is 4.98 Å². The third-order valence-electron chi connectivity index (χ3n) is 19.6. The number of aromatic nitrogens is 3. The average Bonchev–Trinajstić information content (AvgIpc) is 1.58. The molecule has 91 heavy (non-hydrogen) atoms. The van der Waals surface area contributed by atoms with Gasteiger partial charge in [-0.1, -0.05) is 185 Å². The summed E-state index contributed by atoms with van der Waals surface area (Å²) >= 11 is 1.88. The van der Waals surface area contributed by atoms with Gasteiger partial charge in [0.1, 0.15) is 23.2 Å². The first-order valence-electron chi connectivity index (χ1n) is 31.5. The predicted octanol–water partition coefficient (Wildman–Crippen LogP) is 16.9. The minimum atomic E-state index is -0.315. The van der Waals surface area contributed by atoms with Crippen LogP contribution in [-0.4, -0.2) is 28.4 Å². The van der Waals surface area contributed by atoms with Crippen LogP contribution in [-0.2, 0) is 10.8 Å². The molecule has 0 unspecified atom stereocenters. The molecular formula is C79H60B2N8OS. The second kappa shape index (κ2) is 20.4. The number of thiophene rings is 1. The molecule has 0 amide bonds. The van der Waals surface area contributed by atoms with Crippen LogP contribution in [0.4, 0.5) is 85.3 Å². The van der Waals surface area contributed by atoms with Crippen molar-refractivity contribution in [2.75, 3.05) is 24.5 Å². The molecule has 0 bridgehead atoms. The highest BCUT2D eigenvalue weighted by Crippen LogP contribution is 2.53. The Balaban J connectivity index is 0.938. The Kier molecular flexibility index (Phi) is 12.0. The lowest BCUT2D eigenvalue weighted by atomic mass is 9.31. The van der Waals surface area contributed by atoms with Crippen LogP contribution >= 0.6 is 11.3 Å². The van der Waals surface area contributed by atoms with Gasteiger partial charge in [0.05, 0.1) is 5.00 Å². The standard InChI is InChI=1S/C79H60B2N8OS/c1-78(2)45-46-79(3,4)60-47-57(43-44-59(60)78)89-66-50-69(85(51-27-11-5-12-28-51)52-29-13-6-14-30-52)82-73-71(66)81(70-58-39-23-26-42-68(58)91-76(70)89)62-48-63-67(49-65(62)88(73)56-37-21-10-22-38-56)90-75-72-74(87(55-35-19-9-20-36-55)64-41-25-24-40-61(64)80(63)72)83-77(84-75)86(53-31-15-7-16-32-53)54-33-17-8-18-34-54/h5-44,47-50H,45-46H2,1-4H3. The lowest BCUT2D eigenvalue weighted by Gasteiger charge is -2.45. The third-order valence-corrected chi connectivity index (χ3v) is 20.7. The molecule has 0 saturated heterocycles. The van der Waals surface area contributed by atoms with E-state index in [0.717, 1.165) is 115 Å². The normalized spacial score (nSPS) is 14.9. The molecule has 7 heterocycles. The molecule has 3 aromatic heterocycles. The second-order valence-electron chi connectivity index (χ2n) is 25.8. The van der Waals surface area contributed by atoms with E-state index in [9.17, 15) is 0 Å². The molecule has 4 aliphatic heterocycles. The van der Waals surface area contributed by atoms with Crippen LogP contribution < -0.4 is 62.0 Å². The van der Waals surface area contributed by atoms with Gasteiger partial charge in [0, 0.05) is 79.2 Å². The zero-order valence-electron chi connectivity index (χ0n) is 50.9. The van der Waals surface area contributed by atoms with E-state index in [0.29, 0.717) is 11.8 Å². The molecule has 0 N–H and O–H groups in total. The first-order valence-corrected chi connectivity index (χ1v) is 32.4. The highest BCUT2D eigenvalue weighted by atomic mass is 32.1. The van der Waals surface area contributed by atoms with Gasteiger partial charge in [0.15, 0.2) is 0 Å². The zero-order chi connectivity index (χ0) is 60.7. The van der Waals surface area contributed by atoms with Crippen LogP contribution in [0.3, 0.4) is 0 Å². The number of pyridine rings is 1. The zero-order valence-corrected chi connectivity index (χ0v) is 51.7. The molecule has 0 atom stereocenters. The SMILES string of the molecule is CC1(C)CCC(C)(C)c2cc(N3c4cc(N(c5ccccc5)c5ccccc5)nc5c4B(c4cc6c(cc4N5c4ccccc4)Oc4nc(N(c5ccccc5)c5ccccc5)nc5c4B6c4ccccc4N5c4ccccc4)c4c3sc3ccccc43)ccc21. The summed E-state index contributed by atoms with van der Waals surface area (Å²) in [4.78, 5) is 29.2. The Labute approximate surface area is 534 Å². The number of nitrogens with zero attached hydrogens (tertiary/aromatic N) is 8. The van der Waals surface area contributed by atoms with Crippen LogP contribution in [0.15, 0.2) is 267 Å². The molecule has 0 fully saturated rings. The summed E-state index contributed by atoms with van der Waals surface area (Å²) < 4.78 is 8.85. The molecule has 434 valence electrons. The summed E-state index contributed by atoms with van der Waals surface area (Å²) in [6.07, 6.45) is 2.24. The van der Waals surface area contributed by atoms with Crippen molar-refractivity contribution in [3.8, 4) is 11.6 Å². The third kappa shape index (κ3) is 8.28. The monoisotopic (exact) mass is 1190 g/mol. The van der Waals surface area contributed by atoms with Crippen molar-refractivity contribution in [1.82, 2.24) is 15.0 Å². The Morgan fingerprint density at radius 3 is 1.58 bits per heavy atom. The first kappa shape index (κ1) is 53.4. The van der Waals surface area contributed by atoms with Crippen molar-refractivity contribution in [3.63, 3.8) is 0 Å². The van der Waals surface area contributed by atoms with Gasteiger partial charge in [0.25, 0.3) is 13.4 Å². The number of rotatable bonds is 9. The molecule has 10 aromatic carbocycles. The van der Waals surface area contributed by atoms with Crippen molar-refractivity contribution in [2.45, 2.75) is 51.4 Å². The lowest BCUT2D eigenvalue weighted by molar-refractivity contribution is 0.332. The molecule has 0 spiro atoms. The summed E-state index contributed by atoms with van der Waals surface area (Å²) in [5.41, 5.74) is 19.6. The van der Waals surface area contributed by atoms with Gasteiger partial charge < -0.3 is 9.64 Å². The Bertz CT molecular complexity index is 4960. The molecule has 1 aliphatic carbocycles. The van der Waals surface area contributed by atoms with Crippen LogP contribution in [0.1, 0.15) is 51.7 Å². The van der Waals surface area contributed by atoms with Crippen LogP contribution in [0.25, 0.3) is 10.1 Å². The average molecular weight is 1190 g/mol. The van der Waals surface area contributed by atoms with Gasteiger partial charge in [-0.05, 0) is 165 Å². The number of hydrogen-bond acceptors (Lipinski definition) is 10. The molecule has 9 nitrogen and oxygen atoms in total. The van der Waals surface area contributed by atoms with Gasteiger partial charge in [-0.3, -0.25) is 19.6 Å². The molecule has 12 heteroatoms. The molecule has 18 rings (SSSR count). The topological polar surface area (TPSA) is 64.1 Å². The number of anilines is 15. The summed E-state index contributed by atoms with van der Waals surface area (Å²) in [7, 11) is 0. The maximum absolute atomic E-state index is 7.62. The van der Waals surface area contributed by atoms with Gasteiger partial charge in [0.2, 0.25) is 11.8 Å². The Morgan fingerprint density at radius 1 is 0.407 bits per heavy atom. The predicted molar refractivity (Wildman–Crippen MR) is 380 cm³/mol. The number of fused-ring (bicyclic) bond motifs is 11. The van der Waals surface area contributed by atoms with E-state index in [2.05, 4.69) is 307 Å². The summed E-state index contributed by atoms with van der Waals surface area (Å²) in [5.74, 6) is 4.14. The number of para-hydroxylation sites is 7. The number of hydrogen-bond donors (Lipinski definition) is 0. The van der Waals surface area contributed by atoms with Crippen LogP contribution in [0.2, 0.25) is 0 Å². The fraction of sp³-hybridized carbons (Fsp3) is 0.101. The quantitative estimate of drug-likeness (QED) is 0.132. The van der Waals surface area contributed by atoms with Crippen molar-refractivity contribution < 1.29 is 4.74 Å². The highest BCUT2D eigenvalue weighted by Gasteiger charge is 2.51. The summed E-state index contributed by atoms with van der Waals surface area (Å²) in [6, 6.07) is 96.0. The second-order valence-corrected chi connectivity index (χ2v) is 26.8. The van der Waals surface area contributed by atoms with Crippen molar-refractivity contribution in [1.29, 1.82) is 0 Å². The fourth-order valence-corrected chi connectivity index (χ4v) is 16.5. The van der Waals surface area contributed by atoms with E-state index < -0.39 is 0 Å². The molecular weight excluding hydrogens is 1130 g/mol.